The monoisotopic (exact) mass is 414 g/mol. The maximum Gasteiger partial charge on any atom is 0.234 e. The van der Waals surface area contributed by atoms with Gasteiger partial charge in [0.2, 0.25) is 5.91 Å². The number of thiophene rings is 1. The highest BCUT2D eigenvalue weighted by Gasteiger charge is 2.24. The fourth-order valence-corrected chi connectivity index (χ4v) is 4.96. The van der Waals surface area contributed by atoms with Crippen molar-refractivity contribution in [3.05, 3.63) is 20.8 Å². The van der Waals surface area contributed by atoms with E-state index in [0.717, 1.165) is 30.4 Å². The van der Waals surface area contributed by atoms with E-state index in [2.05, 4.69) is 32.2 Å². The lowest BCUT2D eigenvalue weighted by Gasteiger charge is -2.34. The van der Waals surface area contributed by atoms with E-state index in [1.807, 2.05) is 5.38 Å². The molecule has 2 aliphatic rings. The van der Waals surface area contributed by atoms with Crippen LogP contribution in [0, 0.1) is 0 Å². The molecule has 4 nitrogen and oxygen atoms in total. The van der Waals surface area contributed by atoms with Crippen molar-refractivity contribution in [3.8, 4) is 0 Å². The number of halogens is 1. The number of hydrogen-bond donors (Lipinski definition) is 1. The second-order valence-corrected chi connectivity index (χ2v) is 8.79. The summed E-state index contributed by atoms with van der Waals surface area (Å²) < 4.78 is 7.34. The molecular weight excluding hydrogens is 388 g/mol. The van der Waals surface area contributed by atoms with Crippen molar-refractivity contribution in [2.75, 3.05) is 19.6 Å². The highest BCUT2D eigenvalue weighted by atomic mass is 79.9. The average Bonchev–Trinajstić information content (AvgIpc) is 3.01. The summed E-state index contributed by atoms with van der Waals surface area (Å²) in [6.45, 7) is 3.06. The van der Waals surface area contributed by atoms with Gasteiger partial charge in [-0.25, -0.2) is 0 Å². The lowest BCUT2D eigenvalue weighted by molar-refractivity contribution is -0.123. The molecule has 0 atom stereocenters. The number of nitrogens with zero attached hydrogens (tertiary/aromatic N) is 1. The molecule has 1 saturated carbocycles. The van der Waals surface area contributed by atoms with Crippen molar-refractivity contribution < 1.29 is 9.53 Å². The Hall–Kier alpha value is -0.430. The van der Waals surface area contributed by atoms with Crippen LogP contribution in [0.15, 0.2) is 15.9 Å². The SMILES string of the molecule is O=C(CN1CCC(OC2CCCCC2)CC1)NCc1cc(Br)cs1. The van der Waals surface area contributed by atoms with Crippen LogP contribution in [0.2, 0.25) is 0 Å². The number of rotatable bonds is 6. The van der Waals surface area contributed by atoms with Crippen LogP contribution in [-0.2, 0) is 16.1 Å². The van der Waals surface area contributed by atoms with Crippen LogP contribution in [0.25, 0.3) is 0 Å². The molecule has 1 aromatic heterocycles. The molecule has 1 aromatic rings. The van der Waals surface area contributed by atoms with Gasteiger partial charge in [0, 0.05) is 27.8 Å². The molecule has 6 heteroatoms. The van der Waals surface area contributed by atoms with Crippen LogP contribution in [0.3, 0.4) is 0 Å². The van der Waals surface area contributed by atoms with Crippen LogP contribution in [0.5, 0.6) is 0 Å². The number of piperidine rings is 1. The van der Waals surface area contributed by atoms with E-state index in [1.165, 1.54) is 37.0 Å². The topological polar surface area (TPSA) is 41.6 Å². The normalized spacial score (nSPS) is 21.0. The minimum Gasteiger partial charge on any atom is -0.375 e. The van der Waals surface area contributed by atoms with Crippen molar-refractivity contribution in [2.45, 2.75) is 63.7 Å². The molecule has 0 unspecified atom stereocenters. The molecule has 0 spiro atoms. The maximum atomic E-state index is 12.1. The highest BCUT2D eigenvalue weighted by molar-refractivity contribution is 9.10. The first-order valence-corrected chi connectivity index (χ1v) is 10.7. The summed E-state index contributed by atoms with van der Waals surface area (Å²) in [6.07, 6.45) is 9.50. The minimum atomic E-state index is 0.117. The van der Waals surface area contributed by atoms with Crippen LogP contribution in [0.4, 0.5) is 0 Å². The zero-order chi connectivity index (χ0) is 16.8. The highest BCUT2D eigenvalue weighted by Crippen LogP contribution is 2.24. The Morgan fingerprint density at radius 3 is 2.58 bits per heavy atom. The van der Waals surface area contributed by atoms with E-state index in [1.54, 1.807) is 11.3 Å². The van der Waals surface area contributed by atoms with Crippen LogP contribution >= 0.6 is 27.3 Å². The Morgan fingerprint density at radius 2 is 1.92 bits per heavy atom. The fraction of sp³-hybridized carbons (Fsp3) is 0.722. The lowest BCUT2D eigenvalue weighted by atomic mass is 9.97. The molecule has 1 N–H and O–H groups in total. The lowest BCUT2D eigenvalue weighted by Crippen LogP contribution is -2.43. The molecule has 1 saturated heterocycles. The van der Waals surface area contributed by atoms with Gasteiger partial charge in [-0.05, 0) is 47.7 Å². The van der Waals surface area contributed by atoms with Crippen LogP contribution in [-0.4, -0.2) is 42.6 Å². The summed E-state index contributed by atoms with van der Waals surface area (Å²) >= 11 is 5.10. The quantitative estimate of drug-likeness (QED) is 0.765. The first kappa shape index (κ1) is 18.4. The zero-order valence-corrected chi connectivity index (χ0v) is 16.5. The summed E-state index contributed by atoms with van der Waals surface area (Å²) in [5.74, 6) is 0.117. The molecule has 0 radical (unpaired) electrons. The molecule has 1 aliphatic heterocycles. The van der Waals surface area contributed by atoms with E-state index in [-0.39, 0.29) is 5.91 Å². The van der Waals surface area contributed by atoms with Gasteiger partial charge in [0.15, 0.2) is 0 Å². The fourth-order valence-electron chi connectivity index (χ4n) is 3.57. The Balaban J connectivity index is 1.32. The van der Waals surface area contributed by atoms with Crippen LogP contribution < -0.4 is 5.32 Å². The van der Waals surface area contributed by atoms with Gasteiger partial charge in [-0.1, -0.05) is 19.3 Å². The third kappa shape index (κ3) is 5.83. The molecular formula is C18H27BrN2O2S. The van der Waals surface area contributed by atoms with Gasteiger partial charge in [-0.3, -0.25) is 9.69 Å². The van der Waals surface area contributed by atoms with E-state index in [0.29, 0.717) is 25.3 Å². The van der Waals surface area contributed by atoms with E-state index < -0.39 is 0 Å². The summed E-state index contributed by atoms with van der Waals surface area (Å²) in [7, 11) is 0. The number of likely N-dealkylation sites (tertiary alicyclic amines) is 1. The smallest absolute Gasteiger partial charge is 0.234 e. The summed E-state index contributed by atoms with van der Waals surface area (Å²) in [4.78, 5) is 15.5. The van der Waals surface area contributed by atoms with Gasteiger partial charge in [-0.2, -0.15) is 0 Å². The van der Waals surface area contributed by atoms with Crippen molar-refractivity contribution in [1.29, 1.82) is 0 Å². The standard InChI is InChI=1S/C18H27BrN2O2S/c19-14-10-17(24-13-14)11-20-18(22)12-21-8-6-16(7-9-21)23-15-4-2-1-3-5-15/h10,13,15-16H,1-9,11-12H2,(H,20,22). The number of ether oxygens (including phenoxy) is 1. The molecule has 1 amide bonds. The molecule has 134 valence electrons. The van der Waals surface area contributed by atoms with Gasteiger partial charge in [0.05, 0.1) is 25.3 Å². The third-order valence-electron chi connectivity index (χ3n) is 4.92. The number of carbonyl (C=O) groups is 1. The minimum absolute atomic E-state index is 0.117. The molecule has 1 aliphatic carbocycles. The van der Waals surface area contributed by atoms with E-state index >= 15 is 0 Å². The van der Waals surface area contributed by atoms with Gasteiger partial charge >= 0.3 is 0 Å². The largest absolute Gasteiger partial charge is 0.375 e. The molecule has 0 bridgehead atoms. The van der Waals surface area contributed by atoms with Gasteiger partial charge < -0.3 is 10.1 Å². The second kappa shape index (κ2) is 9.32. The third-order valence-corrected chi connectivity index (χ3v) is 6.62. The van der Waals surface area contributed by atoms with Crippen molar-refractivity contribution >= 4 is 33.2 Å². The maximum absolute atomic E-state index is 12.1. The van der Waals surface area contributed by atoms with Gasteiger partial charge in [-0.15, -0.1) is 11.3 Å². The Labute approximate surface area is 157 Å². The molecule has 3 rings (SSSR count). The summed E-state index contributed by atoms with van der Waals surface area (Å²) in [5.41, 5.74) is 0. The zero-order valence-electron chi connectivity index (χ0n) is 14.1. The number of nitrogens with one attached hydrogen (secondary N) is 1. The second-order valence-electron chi connectivity index (χ2n) is 6.88. The van der Waals surface area contributed by atoms with Crippen molar-refractivity contribution in [2.24, 2.45) is 0 Å². The first-order chi connectivity index (χ1) is 11.7. The first-order valence-electron chi connectivity index (χ1n) is 9.06. The predicted molar refractivity (Wildman–Crippen MR) is 101 cm³/mol. The average molecular weight is 415 g/mol. The van der Waals surface area contributed by atoms with Gasteiger partial charge in [0.25, 0.3) is 0 Å². The summed E-state index contributed by atoms with van der Waals surface area (Å²) in [5, 5.41) is 5.05. The van der Waals surface area contributed by atoms with E-state index in [9.17, 15) is 4.79 Å². The molecule has 2 fully saturated rings. The number of carbonyl (C=O) groups excluding carboxylic acids is 1. The Kier molecular flexibility index (Phi) is 7.13. The Morgan fingerprint density at radius 1 is 1.21 bits per heavy atom. The van der Waals surface area contributed by atoms with Crippen LogP contribution in [0.1, 0.15) is 49.8 Å². The van der Waals surface area contributed by atoms with Gasteiger partial charge in [0.1, 0.15) is 0 Å². The predicted octanol–water partition coefficient (Wildman–Crippen LogP) is 3.94. The molecule has 0 aromatic carbocycles. The van der Waals surface area contributed by atoms with Crippen molar-refractivity contribution in [1.82, 2.24) is 10.2 Å². The molecule has 2 heterocycles. The molecule has 24 heavy (non-hydrogen) atoms. The number of hydrogen-bond acceptors (Lipinski definition) is 4. The van der Waals surface area contributed by atoms with Crippen molar-refractivity contribution in [3.63, 3.8) is 0 Å². The van der Waals surface area contributed by atoms with E-state index in [4.69, 9.17) is 4.74 Å². The summed E-state index contributed by atoms with van der Waals surface area (Å²) in [6, 6.07) is 2.05. The Bertz CT molecular complexity index is 523. The number of amides is 1.